The van der Waals surface area contributed by atoms with Gasteiger partial charge in [-0.25, -0.2) is 0 Å². The summed E-state index contributed by atoms with van der Waals surface area (Å²) in [5.74, 6) is 0. The van der Waals surface area contributed by atoms with Crippen LogP contribution in [0.15, 0.2) is 30.3 Å². The highest BCUT2D eigenvalue weighted by Gasteiger charge is 2.05. The van der Waals surface area contributed by atoms with Gasteiger partial charge >= 0.3 is 0 Å². The number of para-hydroxylation sites is 1. The molecule has 3 heteroatoms. The van der Waals surface area contributed by atoms with Gasteiger partial charge in [0, 0.05) is 31.9 Å². The van der Waals surface area contributed by atoms with Crippen LogP contribution < -0.4 is 4.90 Å². The maximum atomic E-state index is 10.7. The average Bonchev–Trinajstić information content (AvgIpc) is 2.36. The minimum atomic E-state index is 0.774. The van der Waals surface area contributed by atoms with Crippen LogP contribution in [0.4, 0.5) is 5.69 Å². The Labute approximate surface area is 97.7 Å². The summed E-state index contributed by atoms with van der Waals surface area (Å²) in [6.45, 7) is 7.52. The quantitative estimate of drug-likeness (QED) is 0.656. The van der Waals surface area contributed by atoms with E-state index in [0.717, 1.165) is 32.6 Å². The lowest BCUT2D eigenvalue weighted by Gasteiger charge is -2.25. The van der Waals surface area contributed by atoms with Gasteiger partial charge in [-0.05, 0) is 26.0 Å². The van der Waals surface area contributed by atoms with Gasteiger partial charge in [-0.15, -0.1) is 0 Å². The standard InChI is InChI=1S/C13H20N2O/c1-3-14(12-16)10-11-15(4-2)13-8-6-5-7-9-13/h5-9,12H,3-4,10-11H2,1-2H3. The fourth-order valence-corrected chi connectivity index (χ4v) is 1.64. The number of nitrogens with zero attached hydrogens (tertiary/aromatic N) is 2. The number of amides is 1. The lowest BCUT2D eigenvalue weighted by Crippen LogP contribution is -2.34. The second-order valence-corrected chi connectivity index (χ2v) is 3.65. The first kappa shape index (κ1) is 12.6. The van der Waals surface area contributed by atoms with Crippen molar-refractivity contribution in [3.63, 3.8) is 0 Å². The molecule has 0 N–H and O–H groups in total. The molecule has 0 fully saturated rings. The van der Waals surface area contributed by atoms with Crippen molar-refractivity contribution < 1.29 is 4.79 Å². The Morgan fingerprint density at radius 3 is 2.25 bits per heavy atom. The van der Waals surface area contributed by atoms with Crippen LogP contribution in [0.3, 0.4) is 0 Å². The van der Waals surface area contributed by atoms with Gasteiger partial charge in [0.2, 0.25) is 6.41 Å². The molecule has 1 amide bonds. The maximum Gasteiger partial charge on any atom is 0.209 e. The molecule has 0 radical (unpaired) electrons. The Balaban J connectivity index is 2.53. The second kappa shape index (κ2) is 6.88. The first-order valence-electron chi connectivity index (χ1n) is 5.81. The van der Waals surface area contributed by atoms with Crippen LogP contribution in [-0.4, -0.2) is 37.5 Å². The molecule has 1 aromatic carbocycles. The molecule has 0 aliphatic heterocycles. The zero-order valence-electron chi connectivity index (χ0n) is 10.1. The second-order valence-electron chi connectivity index (χ2n) is 3.65. The summed E-state index contributed by atoms with van der Waals surface area (Å²) in [7, 11) is 0. The van der Waals surface area contributed by atoms with Crippen LogP contribution in [0.1, 0.15) is 13.8 Å². The summed E-state index contributed by atoms with van der Waals surface area (Å²) in [5, 5.41) is 0. The average molecular weight is 220 g/mol. The predicted molar refractivity (Wildman–Crippen MR) is 67.6 cm³/mol. The van der Waals surface area contributed by atoms with Gasteiger partial charge < -0.3 is 9.80 Å². The van der Waals surface area contributed by atoms with Crippen molar-refractivity contribution in [2.75, 3.05) is 31.1 Å². The summed E-state index contributed by atoms with van der Waals surface area (Å²) in [6, 6.07) is 10.3. The van der Waals surface area contributed by atoms with E-state index in [1.54, 1.807) is 4.90 Å². The number of carbonyl (C=O) groups excluding carboxylic acids is 1. The molecule has 88 valence electrons. The summed E-state index contributed by atoms with van der Waals surface area (Å²) >= 11 is 0. The first-order chi connectivity index (χ1) is 7.81. The molecule has 0 unspecified atom stereocenters. The van der Waals surface area contributed by atoms with Crippen molar-refractivity contribution in [2.24, 2.45) is 0 Å². The maximum absolute atomic E-state index is 10.7. The van der Waals surface area contributed by atoms with Gasteiger partial charge in [0.1, 0.15) is 0 Å². The molecule has 0 bridgehead atoms. The zero-order valence-corrected chi connectivity index (χ0v) is 10.1. The van der Waals surface area contributed by atoms with Crippen LogP contribution in [-0.2, 0) is 4.79 Å². The van der Waals surface area contributed by atoms with Crippen LogP contribution in [0.5, 0.6) is 0 Å². The van der Waals surface area contributed by atoms with Crippen molar-refractivity contribution in [3.8, 4) is 0 Å². The van der Waals surface area contributed by atoms with Gasteiger partial charge in [0.25, 0.3) is 0 Å². The van der Waals surface area contributed by atoms with E-state index in [-0.39, 0.29) is 0 Å². The molecular weight excluding hydrogens is 200 g/mol. The monoisotopic (exact) mass is 220 g/mol. The minimum absolute atomic E-state index is 0.774. The Morgan fingerprint density at radius 2 is 1.75 bits per heavy atom. The number of rotatable bonds is 7. The van der Waals surface area contributed by atoms with Crippen molar-refractivity contribution in [3.05, 3.63) is 30.3 Å². The number of hydrogen-bond donors (Lipinski definition) is 0. The van der Waals surface area contributed by atoms with E-state index in [1.165, 1.54) is 5.69 Å². The summed E-state index contributed by atoms with van der Waals surface area (Å²) in [5.41, 5.74) is 1.21. The highest BCUT2D eigenvalue weighted by atomic mass is 16.1. The largest absolute Gasteiger partial charge is 0.370 e. The molecule has 0 aromatic heterocycles. The number of anilines is 1. The Kier molecular flexibility index (Phi) is 5.40. The van der Waals surface area contributed by atoms with E-state index in [2.05, 4.69) is 24.0 Å². The fraction of sp³-hybridized carbons (Fsp3) is 0.462. The van der Waals surface area contributed by atoms with Crippen LogP contribution in [0.25, 0.3) is 0 Å². The third-order valence-electron chi connectivity index (χ3n) is 2.72. The van der Waals surface area contributed by atoms with E-state index in [0.29, 0.717) is 0 Å². The highest BCUT2D eigenvalue weighted by molar-refractivity contribution is 5.48. The minimum Gasteiger partial charge on any atom is -0.370 e. The summed E-state index contributed by atoms with van der Waals surface area (Å²) in [6.07, 6.45) is 0.916. The highest BCUT2D eigenvalue weighted by Crippen LogP contribution is 2.12. The van der Waals surface area contributed by atoms with Crippen molar-refractivity contribution in [2.45, 2.75) is 13.8 Å². The Morgan fingerprint density at radius 1 is 1.06 bits per heavy atom. The van der Waals surface area contributed by atoms with Crippen LogP contribution >= 0.6 is 0 Å². The summed E-state index contributed by atoms with van der Waals surface area (Å²) < 4.78 is 0. The van der Waals surface area contributed by atoms with Crippen molar-refractivity contribution >= 4 is 12.1 Å². The molecule has 16 heavy (non-hydrogen) atoms. The molecular formula is C13H20N2O. The van der Waals surface area contributed by atoms with Crippen LogP contribution in [0.2, 0.25) is 0 Å². The fourth-order valence-electron chi connectivity index (χ4n) is 1.64. The number of carbonyl (C=O) groups is 1. The molecule has 0 aliphatic carbocycles. The van der Waals surface area contributed by atoms with Gasteiger partial charge in [-0.3, -0.25) is 4.79 Å². The molecule has 0 heterocycles. The molecule has 0 spiro atoms. The predicted octanol–water partition coefficient (Wildman–Crippen LogP) is 1.99. The smallest absolute Gasteiger partial charge is 0.209 e. The van der Waals surface area contributed by atoms with Gasteiger partial charge in [-0.1, -0.05) is 18.2 Å². The van der Waals surface area contributed by atoms with E-state index in [9.17, 15) is 4.79 Å². The SMILES string of the molecule is CCN(C=O)CCN(CC)c1ccccc1. The number of benzene rings is 1. The molecule has 0 saturated carbocycles. The third-order valence-corrected chi connectivity index (χ3v) is 2.72. The van der Waals surface area contributed by atoms with Gasteiger partial charge in [0.05, 0.1) is 0 Å². The third kappa shape index (κ3) is 3.57. The Hall–Kier alpha value is -1.51. The van der Waals surface area contributed by atoms with E-state index >= 15 is 0 Å². The molecule has 1 aromatic rings. The van der Waals surface area contributed by atoms with E-state index in [4.69, 9.17) is 0 Å². The molecule has 3 nitrogen and oxygen atoms in total. The topological polar surface area (TPSA) is 23.6 Å². The zero-order chi connectivity index (χ0) is 11.8. The van der Waals surface area contributed by atoms with Crippen molar-refractivity contribution in [1.29, 1.82) is 0 Å². The van der Waals surface area contributed by atoms with Crippen LogP contribution in [0, 0.1) is 0 Å². The van der Waals surface area contributed by atoms with Gasteiger partial charge in [-0.2, -0.15) is 0 Å². The molecule has 0 saturated heterocycles. The summed E-state index contributed by atoms with van der Waals surface area (Å²) in [4.78, 5) is 14.7. The lowest BCUT2D eigenvalue weighted by molar-refractivity contribution is -0.117. The Bertz CT molecular complexity index is 300. The van der Waals surface area contributed by atoms with Crippen molar-refractivity contribution in [1.82, 2.24) is 4.90 Å². The number of likely N-dealkylation sites (N-methyl/N-ethyl adjacent to an activating group) is 2. The number of hydrogen-bond acceptors (Lipinski definition) is 2. The first-order valence-corrected chi connectivity index (χ1v) is 5.81. The molecule has 0 aliphatic rings. The van der Waals surface area contributed by atoms with E-state index < -0.39 is 0 Å². The normalized spacial score (nSPS) is 9.88. The van der Waals surface area contributed by atoms with Gasteiger partial charge in [0.15, 0.2) is 0 Å². The van der Waals surface area contributed by atoms with E-state index in [1.807, 2.05) is 25.1 Å². The molecule has 0 atom stereocenters. The lowest BCUT2D eigenvalue weighted by atomic mass is 10.3. The molecule has 1 rings (SSSR count).